The van der Waals surface area contributed by atoms with Crippen LogP contribution >= 0.6 is 0 Å². The van der Waals surface area contributed by atoms with Crippen molar-refractivity contribution in [3.8, 4) is 11.5 Å². The lowest BCUT2D eigenvalue weighted by Crippen LogP contribution is -2.24. The Morgan fingerprint density at radius 2 is 1.50 bits per heavy atom. The zero-order valence-electron chi connectivity index (χ0n) is 13.1. The lowest BCUT2D eigenvalue weighted by Gasteiger charge is -2.21. The summed E-state index contributed by atoms with van der Waals surface area (Å²) in [6.07, 6.45) is 0.0929. The normalized spacial score (nSPS) is 15.1. The average Bonchev–Trinajstić information content (AvgIpc) is 2.54. The van der Waals surface area contributed by atoms with Gasteiger partial charge in [-0.3, -0.25) is 0 Å². The van der Waals surface area contributed by atoms with E-state index in [2.05, 4.69) is 6.92 Å². The highest BCUT2D eigenvalue weighted by molar-refractivity contribution is 5.34. The molecule has 0 saturated carbocycles. The van der Waals surface area contributed by atoms with Crippen molar-refractivity contribution in [3.63, 3.8) is 0 Å². The van der Waals surface area contributed by atoms with E-state index in [0.717, 1.165) is 23.5 Å². The van der Waals surface area contributed by atoms with Gasteiger partial charge in [-0.2, -0.15) is 0 Å². The zero-order valence-corrected chi connectivity index (χ0v) is 13.1. The summed E-state index contributed by atoms with van der Waals surface area (Å²) in [4.78, 5) is 0. The van der Waals surface area contributed by atoms with Crippen molar-refractivity contribution in [1.29, 1.82) is 0 Å². The quantitative estimate of drug-likeness (QED) is 0.809. The lowest BCUT2D eigenvalue weighted by atomic mass is 9.89. The molecule has 118 valence electrons. The minimum atomic E-state index is -0.699. The van der Waals surface area contributed by atoms with Crippen LogP contribution < -0.4 is 4.74 Å². The highest BCUT2D eigenvalue weighted by Crippen LogP contribution is 2.28. The fourth-order valence-electron chi connectivity index (χ4n) is 2.46. The Hall–Kier alpha value is -1.84. The van der Waals surface area contributed by atoms with Crippen LogP contribution in [-0.4, -0.2) is 22.4 Å². The number of ether oxygens (including phenoxy) is 1. The van der Waals surface area contributed by atoms with Crippen molar-refractivity contribution in [2.75, 3.05) is 0 Å². The van der Waals surface area contributed by atoms with Gasteiger partial charge in [0.25, 0.3) is 0 Å². The largest absolute Gasteiger partial charge is 0.457 e. The highest BCUT2D eigenvalue weighted by atomic mass is 16.5. The summed E-state index contributed by atoms with van der Waals surface area (Å²) in [6.45, 7) is 3.71. The third-order valence-corrected chi connectivity index (χ3v) is 3.91. The van der Waals surface area contributed by atoms with Gasteiger partial charge in [0, 0.05) is 0 Å². The number of hydrogen-bond acceptors (Lipinski definition) is 3. The fourth-order valence-corrected chi connectivity index (χ4v) is 2.46. The smallest absolute Gasteiger partial charge is 0.127 e. The Morgan fingerprint density at radius 3 is 2.05 bits per heavy atom. The first-order valence-electron chi connectivity index (χ1n) is 7.79. The first kappa shape index (κ1) is 16.5. The molecule has 0 bridgehead atoms. The molecular weight excluding hydrogens is 276 g/mol. The highest BCUT2D eigenvalue weighted by Gasteiger charge is 2.18. The Kier molecular flexibility index (Phi) is 5.99. The first-order chi connectivity index (χ1) is 10.6. The van der Waals surface area contributed by atoms with Crippen molar-refractivity contribution in [2.24, 2.45) is 0 Å². The predicted octanol–water partition coefficient (Wildman–Crippen LogP) is 4.10. The summed E-state index contributed by atoms with van der Waals surface area (Å²) in [7, 11) is 0. The molecule has 3 atom stereocenters. The summed E-state index contributed by atoms with van der Waals surface area (Å²) in [5.74, 6) is 1.84. The second-order valence-corrected chi connectivity index (χ2v) is 5.63. The zero-order chi connectivity index (χ0) is 15.9. The molecule has 3 unspecified atom stereocenters. The van der Waals surface area contributed by atoms with Gasteiger partial charge >= 0.3 is 0 Å². The summed E-state index contributed by atoms with van der Waals surface area (Å²) in [5.41, 5.74) is 1.16. The van der Waals surface area contributed by atoms with Gasteiger partial charge in [-0.25, -0.2) is 0 Å². The van der Waals surface area contributed by atoms with Crippen molar-refractivity contribution in [3.05, 3.63) is 60.2 Å². The number of benzene rings is 2. The number of para-hydroxylation sites is 1. The molecule has 0 fully saturated rings. The van der Waals surface area contributed by atoms with Crippen LogP contribution in [0.3, 0.4) is 0 Å². The number of aliphatic hydroxyl groups excluding tert-OH is 2. The Labute approximate surface area is 132 Å². The molecule has 2 aromatic carbocycles. The van der Waals surface area contributed by atoms with E-state index < -0.39 is 12.2 Å². The van der Waals surface area contributed by atoms with Gasteiger partial charge in [-0.15, -0.1) is 0 Å². The van der Waals surface area contributed by atoms with Crippen LogP contribution in [0.2, 0.25) is 0 Å². The molecule has 0 aliphatic carbocycles. The Bertz CT molecular complexity index is 549. The van der Waals surface area contributed by atoms with Crippen LogP contribution in [0.25, 0.3) is 0 Å². The van der Waals surface area contributed by atoms with E-state index in [-0.39, 0.29) is 5.92 Å². The van der Waals surface area contributed by atoms with E-state index >= 15 is 0 Å². The fraction of sp³-hybridized carbons (Fsp3) is 0.368. The van der Waals surface area contributed by atoms with Gasteiger partial charge in [0.1, 0.15) is 11.5 Å². The van der Waals surface area contributed by atoms with Crippen LogP contribution in [0.15, 0.2) is 54.6 Å². The van der Waals surface area contributed by atoms with Crippen molar-refractivity contribution in [1.82, 2.24) is 0 Å². The van der Waals surface area contributed by atoms with E-state index in [9.17, 15) is 10.2 Å². The number of hydrogen-bond donors (Lipinski definition) is 2. The maximum atomic E-state index is 9.86. The topological polar surface area (TPSA) is 49.7 Å². The molecule has 0 heterocycles. The molecule has 0 amide bonds. The molecule has 2 aromatic rings. The van der Waals surface area contributed by atoms with Gasteiger partial charge in [0.15, 0.2) is 0 Å². The van der Waals surface area contributed by atoms with Crippen molar-refractivity contribution in [2.45, 2.75) is 44.8 Å². The summed E-state index contributed by atoms with van der Waals surface area (Å²) >= 11 is 0. The summed E-state index contributed by atoms with van der Waals surface area (Å²) in [5, 5.41) is 19.3. The molecule has 0 aromatic heterocycles. The predicted molar refractivity (Wildman–Crippen MR) is 88.3 cm³/mol. The minimum Gasteiger partial charge on any atom is -0.457 e. The summed E-state index contributed by atoms with van der Waals surface area (Å²) in [6, 6.07) is 17.6. The molecule has 3 nitrogen and oxygen atoms in total. The molecule has 2 N–H and O–H groups in total. The van der Waals surface area contributed by atoms with Gasteiger partial charge in [-0.05, 0) is 55.5 Å². The maximum absolute atomic E-state index is 9.86. The van der Waals surface area contributed by atoms with Crippen molar-refractivity contribution >= 4 is 0 Å². The van der Waals surface area contributed by atoms with Crippen LogP contribution in [0, 0.1) is 0 Å². The van der Waals surface area contributed by atoms with E-state index in [4.69, 9.17) is 4.74 Å². The van der Waals surface area contributed by atoms with E-state index in [0.29, 0.717) is 6.42 Å². The second kappa shape index (κ2) is 7.97. The molecule has 0 aliphatic heterocycles. The molecule has 0 saturated heterocycles. The summed E-state index contributed by atoms with van der Waals surface area (Å²) < 4.78 is 5.78. The van der Waals surface area contributed by atoms with Crippen LogP contribution in [-0.2, 0) is 0 Å². The van der Waals surface area contributed by atoms with E-state index in [1.807, 2.05) is 54.6 Å². The van der Waals surface area contributed by atoms with Crippen LogP contribution in [0.1, 0.15) is 38.2 Å². The standard InChI is InChI=1S/C19H24O3/c1-3-15(13-19(21)14(2)20)16-9-11-18(12-10-16)22-17-7-5-4-6-8-17/h4-12,14-15,19-21H,3,13H2,1-2H3. The molecule has 3 heteroatoms. The molecular formula is C19H24O3. The van der Waals surface area contributed by atoms with E-state index in [1.54, 1.807) is 6.92 Å². The van der Waals surface area contributed by atoms with Gasteiger partial charge in [-0.1, -0.05) is 37.3 Å². The molecule has 0 radical (unpaired) electrons. The lowest BCUT2D eigenvalue weighted by molar-refractivity contribution is 0.0215. The molecule has 2 rings (SSSR count). The van der Waals surface area contributed by atoms with Crippen LogP contribution in [0.5, 0.6) is 11.5 Å². The monoisotopic (exact) mass is 300 g/mol. The number of rotatable bonds is 7. The van der Waals surface area contributed by atoms with Gasteiger partial charge in [0.05, 0.1) is 12.2 Å². The third kappa shape index (κ3) is 4.58. The number of aliphatic hydroxyl groups is 2. The average molecular weight is 300 g/mol. The Balaban J connectivity index is 2.03. The van der Waals surface area contributed by atoms with Crippen LogP contribution in [0.4, 0.5) is 0 Å². The maximum Gasteiger partial charge on any atom is 0.127 e. The first-order valence-corrected chi connectivity index (χ1v) is 7.79. The second-order valence-electron chi connectivity index (χ2n) is 5.63. The van der Waals surface area contributed by atoms with Gasteiger partial charge < -0.3 is 14.9 Å². The molecule has 0 aliphatic rings. The minimum absolute atomic E-state index is 0.232. The molecule has 22 heavy (non-hydrogen) atoms. The SMILES string of the molecule is CCC(CC(O)C(C)O)c1ccc(Oc2ccccc2)cc1. The third-order valence-electron chi connectivity index (χ3n) is 3.91. The van der Waals surface area contributed by atoms with Gasteiger partial charge in [0.2, 0.25) is 0 Å². The Morgan fingerprint density at radius 1 is 0.909 bits per heavy atom. The molecule has 0 spiro atoms. The van der Waals surface area contributed by atoms with E-state index in [1.165, 1.54) is 0 Å². The van der Waals surface area contributed by atoms with Crippen molar-refractivity contribution < 1.29 is 14.9 Å².